The Hall–Kier alpha value is -1.22. The summed E-state index contributed by atoms with van der Waals surface area (Å²) in [6, 6.07) is 2.75. The Morgan fingerprint density at radius 1 is 1.50 bits per heavy atom. The average molecular weight is 273 g/mol. The van der Waals surface area contributed by atoms with Gasteiger partial charge in [-0.05, 0) is 12.1 Å². The van der Waals surface area contributed by atoms with Gasteiger partial charge in [-0.1, -0.05) is 0 Å². The van der Waals surface area contributed by atoms with Crippen LogP contribution in [0.2, 0.25) is 0 Å². The molecule has 0 aliphatic carbocycles. The van der Waals surface area contributed by atoms with Gasteiger partial charge in [-0.15, -0.1) is 0 Å². The first-order chi connectivity index (χ1) is 8.39. The van der Waals surface area contributed by atoms with Gasteiger partial charge in [0, 0.05) is 13.2 Å². The monoisotopic (exact) mass is 273 g/mol. The molecule has 2 rings (SSSR count). The molecule has 1 fully saturated rings. The van der Waals surface area contributed by atoms with E-state index in [9.17, 15) is 13.5 Å². The molecule has 2 heterocycles. The van der Waals surface area contributed by atoms with E-state index in [0.29, 0.717) is 19.0 Å². The number of nitrogens with two attached hydrogens (primary N) is 1. The fourth-order valence-corrected chi connectivity index (χ4v) is 2.28. The van der Waals surface area contributed by atoms with Crippen LogP contribution in [0.3, 0.4) is 0 Å². The van der Waals surface area contributed by atoms with Gasteiger partial charge in [0.1, 0.15) is 10.7 Å². The molecule has 0 spiro atoms. The van der Waals surface area contributed by atoms with Crippen LogP contribution >= 0.6 is 0 Å². The molecule has 0 radical (unpaired) electrons. The first-order valence-corrected chi connectivity index (χ1v) is 6.92. The fourth-order valence-electron chi connectivity index (χ4n) is 1.82. The molecular weight excluding hydrogens is 258 g/mol. The van der Waals surface area contributed by atoms with Gasteiger partial charge in [0.25, 0.3) is 0 Å². The van der Waals surface area contributed by atoms with Crippen molar-refractivity contribution < 1.29 is 18.3 Å². The molecule has 8 heteroatoms. The minimum absolute atomic E-state index is 0.0390. The van der Waals surface area contributed by atoms with Crippen molar-refractivity contribution in [2.75, 3.05) is 25.2 Å². The lowest BCUT2D eigenvalue weighted by molar-refractivity contribution is 0.124. The number of pyridine rings is 1. The molecule has 18 heavy (non-hydrogen) atoms. The molecule has 0 unspecified atom stereocenters. The van der Waals surface area contributed by atoms with Crippen molar-refractivity contribution in [3.8, 4) is 0 Å². The third-order valence-electron chi connectivity index (χ3n) is 2.93. The number of primary sulfonamides is 1. The highest BCUT2D eigenvalue weighted by Gasteiger charge is 2.30. The quantitative estimate of drug-likeness (QED) is 0.726. The first kappa shape index (κ1) is 13.2. The number of aliphatic hydroxyl groups is 1. The highest BCUT2D eigenvalue weighted by Crippen LogP contribution is 2.19. The molecule has 100 valence electrons. The van der Waals surface area contributed by atoms with Crippen molar-refractivity contribution >= 4 is 15.8 Å². The molecule has 3 N–H and O–H groups in total. The maximum absolute atomic E-state index is 11.1. The van der Waals surface area contributed by atoms with Crippen LogP contribution in [-0.2, 0) is 14.8 Å². The lowest BCUT2D eigenvalue weighted by atomic mass is 10.2. The number of ether oxygens (including phenoxy) is 1. The summed E-state index contributed by atoms with van der Waals surface area (Å²) in [6.07, 6.45) is 0.623. The van der Waals surface area contributed by atoms with Crippen molar-refractivity contribution in [1.82, 2.24) is 4.98 Å². The Bertz CT molecular complexity index is 516. The minimum Gasteiger partial charge on any atom is -0.388 e. The van der Waals surface area contributed by atoms with E-state index in [4.69, 9.17) is 9.88 Å². The fraction of sp³-hybridized carbons (Fsp3) is 0.500. The molecule has 1 aromatic rings. The van der Waals surface area contributed by atoms with Gasteiger partial charge < -0.3 is 14.7 Å². The Balaban J connectivity index is 2.19. The summed E-state index contributed by atoms with van der Waals surface area (Å²) < 4.78 is 27.3. The van der Waals surface area contributed by atoms with Crippen LogP contribution < -0.4 is 10.0 Å². The van der Waals surface area contributed by atoms with Crippen LogP contribution in [-0.4, -0.2) is 50.9 Å². The van der Waals surface area contributed by atoms with Crippen molar-refractivity contribution in [3.05, 3.63) is 18.3 Å². The number of hydrogen-bond donors (Lipinski definition) is 2. The van der Waals surface area contributed by atoms with Crippen LogP contribution in [0.5, 0.6) is 0 Å². The van der Waals surface area contributed by atoms with E-state index < -0.39 is 16.1 Å². The van der Waals surface area contributed by atoms with E-state index in [1.54, 1.807) is 18.0 Å². The third-order valence-corrected chi connectivity index (χ3v) is 3.83. The molecule has 1 saturated heterocycles. The third kappa shape index (κ3) is 2.61. The zero-order chi connectivity index (χ0) is 13.3. The van der Waals surface area contributed by atoms with E-state index in [1.165, 1.54) is 12.3 Å². The largest absolute Gasteiger partial charge is 0.388 e. The van der Waals surface area contributed by atoms with Crippen LogP contribution in [0, 0.1) is 0 Å². The van der Waals surface area contributed by atoms with Crippen LogP contribution in [0.25, 0.3) is 0 Å². The first-order valence-electron chi connectivity index (χ1n) is 5.37. The minimum atomic E-state index is -3.73. The second kappa shape index (κ2) is 4.81. The van der Waals surface area contributed by atoms with E-state index in [1.807, 2.05) is 0 Å². The van der Waals surface area contributed by atoms with Gasteiger partial charge in [0.15, 0.2) is 0 Å². The molecule has 1 aromatic heterocycles. The van der Waals surface area contributed by atoms with Crippen molar-refractivity contribution in [2.45, 2.75) is 17.0 Å². The molecule has 0 amide bonds. The maximum Gasteiger partial charge on any atom is 0.239 e. The van der Waals surface area contributed by atoms with Crippen molar-refractivity contribution in [2.24, 2.45) is 5.14 Å². The Morgan fingerprint density at radius 2 is 2.22 bits per heavy atom. The lowest BCUT2D eigenvalue weighted by Crippen LogP contribution is -2.41. The smallest absolute Gasteiger partial charge is 0.239 e. The van der Waals surface area contributed by atoms with Gasteiger partial charge in [-0.3, -0.25) is 0 Å². The topological polar surface area (TPSA) is 106 Å². The number of anilines is 1. The molecule has 7 nitrogen and oxygen atoms in total. The zero-order valence-electron chi connectivity index (χ0n) is 9.85. The summed E-state index contributed by atoms with van der Waals surface area (Å²) in [6.45, 7) is 0.709. The highest BCUT2D eigenvalue weighted by atomic mass is 32.2. The Morgan fingerprint density at radius 3 is 2.67 bits per heavy atom. The predicted molar refractivity (Wildman–Crippen MR) is 64.6 cm³/mol. The van der Waals surface area contributed by atoms with Crippen molar-refractivity contribution in [1.29, 1.82) is 0 Å². The van der Waals surface area contributed by atoms with Gasteiger partial charge in [-0.2, -0.15) is 0 Å². The molecule has 2 atom stereocenters. The van der Waals surface area contributed by atoms with E-state index in [-0.39, 0.29) is 10.9 Å². The predicted octanol–water partition coefficient (Wildman–Crippen LogP) is -1.08. The Kier molecular flexibility index (Phi) is 3.53. The summed E-state index contributed by atoms with van der Waals surface area (Å²) in [7, 11) is -1.96. The summed E-state index contributed by atoms with van der Waals surface area (Å²) >= 11 is 0. The number of aromatic nitrogens is 1. The van der Waals surface area contributed by atoms with E-state index in [2.05, 4.69) is 4.98 Å². The molecule has 0 aromatic carbocycles. The average Bonchev–Trinajstić information content (AvgIpc) is 2.73. The normalized spacial score (nSPS) is 24.2. The second-order valence-corrected chi connectivity index (χ2v) is 5.74. The second-order valence-electron chi connectivity index (χ2n) is 4.18. The standard InChI is InChI=1S/C10H15N3O4S/c1-13(8-5-17-6-9(8)14)10-3-2-7(4-12-10)18(11,15)16/h2-4,8-9,14H,5-6H2,1H3,(H2,11,15,16)/t8-,9-/m1/s1. The van der Waals surface area contributed by atoms with Crippen LogP contribution in [0.4, 0.5) is 5.82 Å². The molecule has 1 aliphatic heterocycles. The zero-order valence-corrected chi connectivity index (χ0v) is 10.7. The number of hydrogen-bond acceptors (Lipinski definition) is 6. The molecule has 0 saturated carbocycles. The lowest BCUT2D eigenvalue weighted by Gasteiger charge is -2.26. The summed E-state index contributed by atoms with van der Waals surface area (Å²) in [5.74, 6) is 0.553. The highest BCUT2D eigenvalue weighted by molar-refractivity contribution is 7.89. The molecule has 1 aliphatic rings. The SMILES string of the molecule is CN(c1ccc(S(N)(=O)=O)cn1)[C@@H]1COC[C@H]1O. The molecule has 0 bridgehead atoms. The van der Waals surface area contributed by atoms with Gasteiger partial charge in [0.2, 0.25) is 10.0 Å². The van der Waals surface area contributed by atoms with Crippen LogP contribution in [0.1, 0.15) is 0 Å². The maximum atomic E-state index is 11.1. The number of likely N-dealkylation sites (N-methyl/N-ethyl adjacent to an activating group) is 1. The van der Waals surface area contributed by atoms with Crippen LogP contribution in [0.15, 0.2) is 23.2 Å². The van der Waals surface area contributed by atoms with Gasteiger partial charge in [0.05, 0.1) is 25.4 Å². The molecular formula is C10H15N3O4S. The summed E-state index contributed by atoms with van der Waals surface area (Å²) in [4.78, 5) is 5.74. The van der Waals surface area contributed by atoms with E-state index >= 15 is 0 Å². The Labute approximate surface area is 105 Å². The summed E-state index contributed by atoms with van der Waals surface area (Å²) in [5.41, 5.74) is 0. The number of aliphatic hydroxyl groups excluding tert-OH is 1. The van der Waals surface area contributed by atoms with Gasteiger partial charge in [-0.25, -0.2) is 18.5 Å². The van der Waals surface area contributed by atoms with Gasteiger partial charge >= 0.3 is 0 Å². The van der Waals surface area contributed by atoms with E-state index in [0.717, 1.165) is 0 Å². The number of rotatable bonds is 3. The summed E-state index contributed by atoms with van der Waals surface area (Å²) in [5, 5.41) is 14.7. The van der Waals surface area contributed by atoms with Crippen molar-refractivity contribution in [3.63, 3.8) is 0 Å². The number of sulfonamides is 1. The number of nitrogens with zero attached hydrogens (tertiary/aromatic N) is 2.